The Morgan fingerprint density at radius 3 is 2.63 bits per heavy atom. The van der Waals surface area contributed by atoms with E-state index in [4.69, 9.17) is 0 Å². The molecule has 2 N–H and O–H groups in total. The Kier molecular flexibility index (Phi) is 4.66. The Bertz CT molecular complexity index is 533. The van der Waals surface area contributed by atoms with E-state index in [1.165, 1.54) is 22.6 Å². The normalized spacial score (nSPS) is 17.6. The molecule has 1 heterocycles. The van der Waals surface area contributed by atoms with E-state index in [0.717, 1.165) is 5.56 Å². The van der Waals surface area contributed by atoms with Crippen LogP contribution in [0.1, 0.15) is 41.1 Å². The van der Waals surface area contributed by atoms with Crippen LogP contribution in [0.2, 0.25) is 0 Å². The maximum atomic E-state index is 12.0. The molecule has 19 heavy (non-hydrogen) atoms. The molecule has 1 saturated carbocycles. The highest BCUT2D eigenvalue weighted by molar-refractivity contribution is 7.89. The molecule has 1 aromatic heterocycles. The molecule has 0 amide bonds. The zero-order chi connectivity index (χ0) is 14.0. The van der Waals surface area contributed by atoms with E-state index in [1.54, 1.807) is 11.3 Å². The first-order chi connectivity index (χ1) is 8.87. The van der Waals surface area contributed by atoms with Gasteiger partial charge in [-0.3, -0.25) is 0 Å². The topological polar surface area (TPSA) is 58.2 Å². The lowest BCUT2D eigenvalue weighted by molar-refractivity contribution is 0.562. The molecule has 1 unspecified atom stereocenters. The molecule has 1 aromatic rings. The van der Waals surface area contributed by atoms with Crippen LogP contribution in [0.15, 0.2) is 6.07 Å². The van der Waals surface area contributed by atoms with Gasteiger partial charge in [-0.25, -0.2) is 13.1 Å². The largest absolute Gasteiger partial charge is 0.313 e. The first-order valence-electron chi connectivity index (χ1n) is 6.68. The van der Waals surface area contributed by atoms with Crippen LogP contribution in [-0.2, 0) is 10.0 Å². The molecule has 0 spiro atoms. The Labute approximate surface area is 119 Å². The van der Waals surface area contributed by atoms with Crippen LogP contribution in [0.5, 0.6) is 0 Å². The highest BCUT2D eigenvalue weighted by Gasteiger charge is 2.22. The quantitative estimate of drug-likeness (QED) is 0.811. The summed E-state index contributed by atoms with van der Waals surface area (Å²) in [6.45, 7) is 6.52. The summed E-state index contributed by atoms with van der Waals surface area (Å²) in [5.41, 5.74) is 1.08. The van der Waals surface area contributed by atoms with E-state index in [-0.39, 0.29) is 11.8 Å². The van der Waals surface area contributed by atoms with Gasteiger partial charge in [0.2, 0.25) is 10.0 Å². The van der Waals surface area contributed by atoms with E-state index in [0.29, 0.717) is 12.6 Å². The standard InChI is InChI=1S/C13H22N2O2S2/c1-9-8-13(11(3)18-9)10(2)15-19(16,17)7-6-14-12-4-5-12/h8,10,12,14-15H,4-7H2,1-3H3. The fraction of sp³-hybridized carbons (Fsp3) is 0.692. The molecule has 4 nitrogen and oxygen atoms in total. The van der Waals surface area contributed by atoms with Gasteiger partial charge in [0.25, 0.3) is 0 Å². The van der Waals surface area contributed by atoms with Gasteiger partial charge < -0.3 is 5.32 Å². The van der Waals surface area contributed by atoms with Crippen LogP contribution in [0.25, 0.3) is 0 Å². The summed E-state index contributed by atoms with van der Waals surface area (Å²) in [5, 5.41) is 3.22. The molecule has 0 aromatic carbocycles. The molecular weight excluding hydrogens is 280 g/mol. The lowest BCUT2D eigenvalue weighted by atomic mass is 10.1. The highest BCUT2D eigenvalue weighted by atomic mass is 32.2. The number of aryl methyl sites for hydroxylation is 2. The third kappa shape index (κ3) is 4.56. The van der Waals surface area contributed by atoms with Gasteiger partial charge in [0, 0.05) is 28.4 Å². The third-order valence-electron chi connectivity index (χ3n) is 3.28. The van der Waals surface area contributed by atoms with Crippen molar-refractivity contribution >= 4 is 21.4 Å². The third-order valence-corrected chi connectivity index (χ3v) is 5.72. The average Bonchev–Trinajstić information content (AvgIpc) is 3.02. The van der Waals surface area contributed by atoms with Crippen LogP contribution >= 0.6 is 11.3 Å². The number of rotatable bonds is 7. The smallest absolute Gasteiger partial charge is 0.213 e. The molecule has 1 atom stereocenters. The van der Waals surface area contributed by atoms with Gasteiger partial charge >= 0.3 is 0 Å². The molecule has 0 aliphatic heterocycles. The van der Waals surface area contributed by atoms with Crippen molar-refractivity contribution in [3.8, 4) is 0 Å². The van der Waals surface area contributed by atoms with Crippen molar-refractivity contribution in [2.24, 2.45) is 0 Å². The summed E-state index contributed by atoms with van der Waals surface area (Å²) in [6.07, 6.45) is 2.36. The van der Waals surface area contributed by atoms with Gasteiger partial charge in [-0.05, 0) is 45.2 Å². The molecule has 0 saturated heterocycles. The summed E-state index contributed by atoms with van der Waals surface area (Å²) in [6, 6.07) is 2.46. The Balaban J connectivity index is 1.88. The van der Waals surface area contributed by atoms with Crippen molar-refractivity contribution in [1.82, 2.24) is 10.0 Å². The van der Waals surface area contributed by atoms with Crippen LogP contribution in [0, 0.1) is 13.8 Å². The first kappa shape index (κ1) is 15.0. The van der Waals surface area contributed by atoms with E-state index < -0.39 is 10.0 Å². The molecule has 1 aliphatic rings. The second-order valence-corrected chi connectivity index (χ2v) is 8.59. The van der Waals surface area contributed by atoms with Crippen molar-refractivity contribution in [3.63, 3.8) is 0 Å². The zero-order valence-corrected chi connectivity index (χ0v) is 13.3. The lowest BCUT2D eigenvalue weighted by Gasteiger charge is -2.14. The second-order valence-electron chi connectivity index (χ2n) is 5.26. The van der Waals surface area contributed by atoms with Gasteiger partial charge in [-0.15, -0.1) is 11.3 Å². The molecule has 0 bridgehead atoms. The summed E-state index contributed by atoms with van der Waals surface area (Å²) in [5.74, 6) is 0.149. The number of hydrogen-bond acceptors (Lipinski definition) is 4. The van der Waals surface area contributed by atoms with E-state index in [9.17, 15) is 8.42 Å². The Hall–Kier alpha value is -0.430. The van der Waals surface area contributed by atoms with Crippen molar-refractivity contribution in [1.29, 1.82) is 0 Å². The van der Waals surface area contributed by atoms with Gasteiger partial charge in [0.1, 0.15) is 0 Å². The number of nitrogens with one attached hydrogen (secondary N) is 2. The minimum Gasteiger partial charge on any atom is -0.313 e. The van der Waals surface area contributed by atoms with Crippen LogP contribution < -0.4 is 10.0 Å². The summed E-state index contributed by atoms with van der Waals surface area (Å²) >= 11 is 1.71. The lowest BCUT2D eigenvalue weighted by Crippen LogP contribution is -2.34. The minimum atomic E-state index is -3.21. The predicted molar refractivity (Wildman–Crippen MR) is 80.2 cm³/mol. The number of sulfonamides is 1. The van der Waals surface area contributed by atoms with Gasteiger partial charge in [0.15, 0.2) is 0 Å². The minimum absolute atomic E-state index is 0.149. The molecular formula is C13H22N2O2S2. The van der Waals surface area contributed by atoms with Crippen molar-refractivity contribution < 1.29 is 8.42 Å². The fourth-order valence-electron chi connectivity index (χ4n) is 2.16. The number of hydrogen-bond donors (Lipinski definition) is 2. The van der Waals surface area contributed by atoms with E-state index in [1.807, 2.05) is 20.8 Å². The van der Waals surface area contributed by atoms with Crippen LogP contribution in [-0.4, -0.2) is 26.8 Å². The van der Waals surface area contributed by atoms with Gasteiger partial charge in [-0.2, -0.15) is 0 Å². The van der Waals surface area contributed by atoms with Gasteiger partial charge in [-0.1, -0.05) is 0 Å². The summed E-state index contributed by atoms with van der Waals surface area (Å²) < 4.78 is 26.7. The van der Waals surface area contributed by atoms with Crippen molar-refractivity contribution in [2.45, 2.75) is 45.7 Å². The molecule has 1 aliphatic carbocycles. The summed E-state index contributed by atoms with van der Waals surface area (Å²) in [4.78, 5) is 2.40. The SMILES string of the molecule is Cc1cc(C(C)NS(=O)(=O)CCNC2CC2)c(C)s1. The Morgan fingerprint density at radius 1 is 1.42 bits per heavy atom. The first-order valence-corrected chi connectivity index (χ1v) is 9.14. The molecule has 0 radical (unpaired) electrons. The van der Waals surface area contributed by atoms with Gasteiger partial charge in [0.05, 0.1) is 5.75 Å². The predicted octanol–water partition coefficient (Wildman–Crippen LogP) is 2.10. The Morgan fingerprint density at radius 2 is 2.11 bits per heavy atom. The van der Waals surface area contributed by atoms with Crippen molar-refractivity contribution in [2.75, 3.05) is 12.3 Å². The maximum absolute atomic E-state index is 12.0. The van der Waals surface area contributed by atoms with E-state index in [2.05, 4.69) is 16.1 Å². The monoisotopic (exact) mass is 302 g/mol. The molecule has 6 heteroatoms. The molecule has 2 rings (SSSR count). The fourth-order valence-corrected chi connectivity index (χ4v) is 4.35. The maximum Gasteiger partial charge on any atom is 0.213 e. The molecule has 1 fully saturated rings. The second kappa shape index (κ2) is 5.91. The zero-order valence-electron chi connectivity index (χ0n) is 11.7. The summed E-state index contributed by atoms with van der Waals surface area (Å²) in [7, 11) is -3.21. The average molecular weight is 302 g/mol. The number of thiophene rings is 1. The van der Waals surface area contributed by atoms with Crippen LogP contribution in [0.4, 0.5) is 0 Å². The van der Waals surface area contributed by atoms with Crippen molar-refractivity contribution in [3.05, 3.63) is 21.4 Å². The van der Waals surface area contributed by atoms with E-state index >= 15 is 0 Å². The molecule has 108 valence electrons. The highest BCUT2D eigenvalue weighted by Crippen LogP contribution is 2.26. The van der Waals surface area contributed by atoms with Crippen LogP contribution in [0.3, 0.4) is 0 Å².